The van der Waals surface area contributed by atoms with Crippen molar-refractivity contribution in [3.63, 3.8) is 0 Å². The van der Waals surface area contributed by atoms with Gasteiger partial charge in [-0.15, -0.1) is 24.8 Å². The molecule has 0 aromatic carbocycles. The molecule has 1 aliphatic rings. The maximum Gasteiger partial charge on any atom is 0.223 e. The molecule has 1 saturated heterocycles. The number of carbonyl (C=O) groups excluding carboxylic acids is 1. The van der Waals surface area contributed by atoms with E-state index in [2.05, 4.69) is 15.5 Å². The van der Waals surface area contributed by atoms with Crippen molar-refractivity contribution in [2.24, 2.45) is 0 Å². The maximum absolute atomic E-state index is 12.2. The number of aromatic nitrogens is 2. The molecule has 1 aliphatic heterocycles. The van der Waals surface area contributed by atoms with Crippen LogP contribution in [0.2, 0.25) is 0 Å². The zero-order valence-electron chi connectivity index (χ0n) is 11.8. The molecular weight excluding hydrogens is 299 g/mol. The molecule has 0 saturated carbocycles. The molecule has 2 N–H and O–H groups in total. The molecule has 5 nitrogen and oxygen atoms in total. The van der Waals surface area contributed by atoms with E-state index in [1.165, 1.54) is 6.42 Å². The Morgan fingerprint density at radius 3 is 2.95 bits per heavy atom. The van der Waals surface area contributed by atoms with Crippen LogP contribution in [0, 0.1) is 0 Å². The summed E-state index contributed by atoms with van der Waals surface area (Å²) in [6.07, 6.45) is 8.65. The van der Waals surface area contributed by atoms with Gasteiger partial charge in [-0.2, -0.15) is 5.10 Å². The van der Waals surface area contributed by atoms with Gasteiger partial charge in [0, 0.05) is 24.7 Å². The van der Waals surface area contributed by atoms with E-state index in [4.69, 9.17) is 0 Å². The van der Waals surface area contributed by atoms with Crippen LogP contribution >= 0.6 is 24.8 Å². The van der Waals surface area contributed by atoms with Crippen molar-refractivity contribution in [3.05, 3.63) is 18.0 Å². The zero-order valence-corrected chi connectivity index (χ0v) is 13.4. The number of likely N-dealkylation sites (tertiary alicyclic amines) is 1. The second-order valence-corrected chi connectivity index (χ2v) is 4.84. The van der Waals surface area contributed by atoms with Crippen molar-refractivity contribution in [3.8, 4) is 0 Å². The van der Waals surface area contributed by atoms with Gasteiger partial charge < -0.3 is 10.2 Å². The Labute approximate surface area is 132 Å². The summed E-state index contributed by atoms with van der Waals surface area (Å²) in [4.78, 5) is 14.3. The first-order chi connectivity index (χ1) is 8.83. The lowest BCUT2D eigenvalue weighted by Gasteiger charge is -2.35. The summed E-state index contributed by atoms with van der Waals surface area (Å²) in [7, 11) is 1.92. The monoisotopic (exact) mass is 322 g/mol. The van der Waals surface area contributed by atoms with Gasteiger partial charge in [0.15, 0.2) is 0 Å². The smallest absolute Gasteiger partial charge is 0.223 e. The molecule has 1 atom stereocenters. The van der Waals surface area contributed by atoms with E-state index in [1.807, 2.05) is 24.3 Å². The Bertz CT molecular complexity index is 372. The number of hydrogen-bond donors (Lipinski definition) is 2. The molecular formula is C13H24Cl2N4O. The Morgan fingerprint density at radius 2 is 2.30 bits per heavy atom. The molecule has 0 radical (unpaired) electrons. The van der Waals surface area contributed by atoms with Gasteiger partial charge in [0.1, 0.15) is 0 Å². The van der Waals surface area contributed by atoms with Crippen LogP contribution in [0.15, 0.2) is 12.4 Å². The van der Waals surface area contributed by atoms with Crippen molar-refractivity contribution in [1.82, 2.24) is 20.4 Å². The molecule has 7 heteroatoms. The summed E-state index contributed by atoms with van der Waals surface area (Å²) in [5.41, 5.74) is 1.14. The molecule has 1 aromatic rings. The molecule has 0 aliphatic carbocycles. The highest BCUT2D eigenvalue weighted by atomic mass is 35.5. The van der Waals surface area contributed by atoms with E-state index in [-0.39, 0.29) is 36.8 Å². The highest BCUT2D eigenvalue weighted by molar-refractivity contribution is 5.85. The molecule has 1 amide bonds. The van der Waals surface area contributed by atoms with E-state index in [0.717, 1.165) is 37.9 Å². The normalized spacial score (nSPS) is 18.1. The summed E-state index contributed by atoms with van der Waals surface area (Å²) in [5, 5.41) is 9.91. The van der Waals surface area contributed by atoms with Gasteiger partial charge in [-0.05, 0) is 39.3 Å². The zero-order chi connectivity index (χ0) is 12.8. The van der Waals surface area contributed by atoms with E-state index in [0.29, 0.717) is 6.42 Å². The van der Waals surface area contributed by atoms with Crippen LogP contribution in [0.1, 0.15) is 43.7 Å². The Balaban J connectivity index is 0.00000180. The van der Waals surface area contributed by atoms with Crippen LogP contribution in [-0.4, -0.2) is 41.1 Å². The fourth-order valence-electron chi connectivity index (χ4n) is 2.58. The Morgan fingerprint density at radius 1 is 1.50 bits per heavy atom. The van der Waals surface area contributed by atoms with Crippen molar-refractivity contribution < 1.29 is 4.79 Å². The third-order valence-electron chi connectivity index (χ3n) is 3.54. The van der Waals surface area contributed by atoms with Crippen LogP contribution in [0.4, 0.5) is 0 Å². The second kappa shape index (κ2) is 10.0. The summed E-state index contributed by atoms with van der Waals surface area (Å²) in [6, 6.07) is 0.222. The minimum atomic E-state index is 0. The van der Waals surface area contributed by atoms with Gasteiger partial charge >= 0.3 is 0 Å². The first-order valence-electron chi connectivity index (χ1n) is 6.75. The van der Waals surface area contributed by atoms with Gasteiger partial charge in [0.05, 0.1) is 12.2 Å². The largest absolute Gasteiger partial charge is 0.336 e. The minimum Gasteiger partial charge on any atom is -0.336 e. The fourth-order valence-corrected chi connectivity index (χ4v) is 2.58. The van der Waals surface area contributed by atoms with Crippen molar-refractivity contribution in [2.45, 2.75) is 38.1 Å². The van der Waals surface area contributed by atoms with Gasteiger partial charge in [-0.3, -0.25) is 9.89 Å². The molecule has 0 bridgehead atoms. The van der Waals surface area contributed by atoms with Gasteiger partial charge in [0.25, 0.3) is 0 Å². The standard InChI is InChI=1S/C13H22N4O.2ClH/c1-14-7-4-6-13(18)17-8-3-2-5-12(17)11-9-15-16-10-11;;/h9-10,12,14H,2-8H2,1H3,(H,15,16);2*1H. The number of halogens is 2. The summed E-state index contributed by atoms with van der Waals surface area (Å²) in [6.45, 7) is 1.78. The Kier molecular flexibility index (Phi) is 9.63. The number of hydrogen-bond acceptors (Lipinski definition) is 3. The molecule has 1 aromatic heterocycles. The van der Waals surface area contributed by atoms with Crippen LogP contribution in [0.25, 0.3) is 0 Å². The van der Waals surface area contributed by atoms with Crippen LogP contribution in [0.5, 0.6) is 0 Å². The molecule has 1 unspecified atom stereocenters. The van der Waals surface area contributed by atoms with Gasteiger partial charge in [-0.25, -0.2) is 0 Å². The minimum absolute atomic E-state index is 0. The number of nitrogens with one attached hydrogen (secondary N) is 2. The van der Waals surface area contributed by atoms with E-state index in [9.17, 15) is 4.79 Å². The number of rotatable bonds is 5. The Hall–Kier alpha value is -0.780. The van der Waals surface area contributed by atoms with Crippen molar-refractivity contribution in [2.75, 3.05) is 20.1 Å². The molecule has 116 valence electrons. The van der Waals surface area contributed by atoms with Gasteiger partial charge in [0.2, 0.25) is 5.91 Å². The van der Waals surface area contributed by atoms with E-state index < -0.39 is 0 Å². The lowest BCUT2D eigenvalue weighted by molar-refractivity contribution is -0.135. The molecule has 1 fully saturated rings. The number of nitrogens with zero attached hydrogens (tertiary/aromatic N) is 2. The second-order valence-electron chi connectivity index (χ2n) is 4.84. The number of carbonyl (C=O) groups is 1. The highest BCUT2D eigenvalue weighted by Crippen LogP contribution is 2.30. The quantitative estimate of drug-likeness (QED) is 0.818. The number of H-pyrrole nitrogens is 1. The number of amides is 1. The van der Waals surface area contributed by atoms with Crippen molar-refractivity contribution >= 4 is 30.7 Å². The first-order valence-corrected chi connectivity index (χ1v) is 6.75. The third-order valence-corrected chi connectivity index (χ3v) is 3.54. The summed E-state index contributed by atoms with van der Waals surface area (Å²) in [5.74, 6) is 0.274. The average Bonchev–Trinajstić information content (AvgIpc) is 2.93. The van der Waals surface area contributed by atoms with Crippen LogP contribution in [-0.2, 0) is 4.79 Å². The van der Waals surface area contributed by atoms with Gasteiger partial charge in [-0.1, -0.05) is 0 Å². The predicted octanol–water partition coefficient (Wildman–Crippen LogP) is 2.31. The SMILES string of the molecule is CNCCCC(=O)N1CCCCC1c1cn[nH]c1.Cl.Cl. The molecule has 0 spiro atoms. The maximum atomic E-state index is 12.2. The van der Waals surface area contributed by atoms with E-state index >= 15 is 0 Å². The number of piperidine rings is 1. The molecule has 20 heavy (non-hydrogen) atoms. The molecule has 2 heterocycles. The average molecular weight is 323 g/mol. The van der Waals surface area contributed by atoms with Crippen LogP contribution < -0.4 is 5.32 Å². The lowest BCUT2D eigenvalue weighted by atomic mass is 9.97. The topological polar surface area (TPSA) is 61.0 Å². The third kappa shape index (κ3) is 4.96. The fraction of sp³-hybridized carbons (Fsp3) is 0.692. The van der Waals surface area contributed by atoms with E-state index in [1.54, 1.807) is 0 Å². The summed E-state index contributed by atoms with van der Waals surface area (Å²) < 4.78 is 0. The molecule has 2 rings (SSSR count). The number of aromatic amines is 1. The van der Waals surface area contributed by atoms with Crippen LogP contribution in [0.3, 0.4) is 0 Å². The summed E-state index contributed by atoms with van der Waals surface area (Å²) >= 11 is 0. The highest BCUT2D eigenvalue weighted by Gasteiger charge is 2.27. The van der Waals surface area contributed by atoms with Crippen molar-refractivity contribution in [1.29, 1.82) is 0 Å². The first kappa shape index (κ1) is 19.2. The predicted molar refractivity (Wildman–Crippen MR) is 84.5 cm³/mol. The lowest BCUT2D eigenvalue weighted by Crippen LogP contribution is -2.38.